The summed E-state index contributed by atoms with van der Waals surface area (Å²) >= 11 is 6.50. The third kappa shape index (κ3) is 7.55. The monoisotopic (exact) mass is 693 g/mol. The number of rotatable bonds is 9. The zero-order chi connectivity index (χ0) is 34.1. The number of carbonyl (C=O) groups is 3. The van der Waals surface area contributed by atoms with Gasteiger partial charge in [0.25, 0.3) is 21.9 Å². The molecule has 1 aliphatic carbocycles. The van der Waals surface area contributed by atoms with Gasteiger partial charge >= 0.3 is 6.09 Å². The Bertz CT molecular complexity index is 1770. The number of anilines is 1. The Hall–Kier alpha value is -4.14. The molecule has 3 aromatic rings. The standard InChI is InChI=1S/C32H31ClF3N3O7S/c1-19-10-12-24(13-11-19)47(43,44)46-23-15-27(38(18-23)31(42)45-2)30(41)39(22-7-5-6-20(34)14-22)28(25-8-3-4-9-26(25)33)29(40)37-21-16-32(35,36)17-21/h3-14,21,23,27-28H,15-18H2,1-2H3,(H,37,40)/t23-,27-,28-/m0/s1. The molecule has 250 valence electrons. The van der Waals surface area contributed by atoms with E-state index in [-0.39, 0.29) is 34.1 Å². The SMILES string of the molecule is COC(=O)N1C[C@@H](OS(=O)(=O)c2ccc(C)cc2)C[C@H]1C(=O)N(c1cccc(F)c1)[C@H](C(=O)NC1CC(F)(F)C1)c1ccccc1Cl. The number of amides is 3. The number of hydrogen-bond acceptors (Lipinski definition) is 7. The van der Waals surface area contributed by atoms with Crippen LogP contribution >= 0.6 is 11.6 Å². The Morgan fingerprint density at radius 2 is 1.72 bits per heavy atom. The Morgan fingerprint density at radius 3 is 2.34 bits per heavy atom. The molecule has 5 rings (SSSR count). The lowest BCUT2D eigenvalue weighted by molar-refractivity contribution is -0.133. The van der Waals surface area contributed by atoms with Gasteiger partial charge in [0.2, 0.25) is 5.91 Å². The molecule has 3 aromatic carbocycles. The van der Waals surface area contributed by atoms with Crippen molar-refractivity contribution in [2.45, 2.75) is 61.2 Å². The van der Waals surface area contributed by atoms with Crippen LogP contribution < -0.4 is 10.2 Å². The first-order valence-electron chi connectivity index (χ1n) is 14.5. The molecule has 2 fully saturated rings. The van der Waals surface area contributed by atoms with Crippen LogP contribution in [0.4, 0.5) is 23.7 Å². The average Bonchev–Trinajstić information content (AvgIpc) is 3.42. The zero-order valence-corrected chi connectivity index (χ0v) is 26.8. The van der Waals surface area contributed by atoms with E-state index in [1.165, 1.54) is 36.4 Å². The number of alkyl halides is 2. The van der Waals surface area contributed by atoms with Crippen LogP contribution in [-0.2, 0) is 28.6 Å². The van der Waals surface area contributed by atoms with Crippen LogP contribution in [0.25, 0.3) is 0 Å². The minimum absolute atomic E-state index is 0.0439. The van der Waals surface area contributed by atoms with Gasteiger partial charge in [0.15, 0.2) is 0 Å². The van der Waals surface area contributed by atoms with E-state index in [1.54, 1.807) is 31.2 Å². The number of aryl methyl sites for hydroxylation is 1. The van der Waals surface area contributed by atoms with Gasteiger partial charge in [0.05, 0.1) is 24.7 Å². The summed E-state index contributed by atoms with van der Waals surface area (Å²) in [6, 6.07) is 12.7. The van der Waals surface area contributed by atoms with E-state index in [0.29, 0.717) is 0 Å². The molecule has 1 heterocycles. The smallest absolute Gasteiger partial charge is 0.410 e. The van der Waals surface area contributed by atoms with Gasteiger partial charge in [-0.25, -0.2) is 18.0 Å². The minimum atomic E-state index is -4.34. The summed E-state index contributed by atoms with van der Waals surface area (Å²) in [5, 5.41) is 2.58. The van der Waals surface area contributed by atoms with E-state index in [1.807, 2.05) is 0 Å². The van der Waals surface area contributed by atoms with Gasteiger partial charge in [-0.3, -0.25) is 23.6 Å². The van der Waals surface area contributed by atoms with Crippen LogP contribution in [0.5, 0.6) is 0 Å². The Kier molecular flexibility index (Phi) is 9.85. The van der Waals surface area contributed by atoms with Crippen LogP contribution in [0.3, 0.4) is 0 Å². The number of carbonyl (C=O) groups excluding carboxylic acids is 3. The van der Waals surface area contributed by atoms with Gasteiger partial charge in [-0.2, -0.15) is 8.42 Å². The third-order valence-corrected chi connectivity index (χ3v) is 9.72. The molecule has 1 N–H and O–H groups in total. The van der Waals surface area contributed by atoms with E-state index in [9.17, 15) is 36.0 Å². The molecule has 0 aromatic heterocycles. The number of ether oxygens (including phenoxy) is 1. The number of benzene rings is 3. The third-order valence-electron chi connectivity index (χ3n) is 8.00. The van der Waals surface area contributed by atoms with E-state index in [4.69, 9.17) is 20.5 Å². The second-order valence-corrected chi connectivity index (χ2v) is 13.4. The van der Waals surface area contributed by atoms with Crippen molar-refractivity contribution in [1.82, 2.24) is 10.2 Å². The molecular formula is C32H31ClF3N3O7S. The lowest BCUT2D eigenvalue weighted by Gasteiger charge is -2.39. The highest BCUT2D eigenvalue weighted by molar-refractivity contribution is 7.86. The Morgan fingerprint density at radius 1 is 1.04 bits per heavy atom. The van der Waals surface area contributed by atoms with Gasteiger partial charge in [-0.15, -0.1) is 0 Å². The highest BCUT2D eigenvalue weighted by Crippen LogP contribution is 2.40. The van der Waals surface area contributed by atoms with E-state index in [0.717, 1.165) is 34.6 Å². The Balaban J connectivity index is 1.54. The van der Waals surface area contributed by atoms with Gasteiger partial charge in [0, 0.05) is 41.6 Å². The van der Waals surface area contributed by atoms with Crippen molar-refractivity contribution >= 4 is 45.3 Å². The fraction of sp³-hybridized carbons (Fsp3) is 0.344. The van der Waals surface area contributed by atoms with Crippen LogP contribution in [-0.4, -0.2) is 69.0 Å². The highest BCUT2D eigenvalue weighted by atomic mass is 35.5. The second kappa shape index (κ2) is 13.5. The van der Waals surface area contributed by atoms with Crippen LogP contribution in [0.1, 0.15) is 36.4 Å². The number of likely N-dealkylation sites (tertiary alicyclic amines) is 1. The first-order valence-corrected chi connectivity index (χ1v) is 16.3. The lowest BCUT2D eigenvalue weighted by atomic mass is 9.87. The van der Waals surface area contributed by atoms with Crippen molar-refractivity contribution in [2.24, 2.45) is 0 Å². The van der Waals surface area contributed by atoms with Gasteiger partial charge in [0.1, 0.15) is 17.9 Å². The van der Waals surface area contributed by atoms with E-state index in [2.05, 4.69) is 5.32 Å². The van der Waals surface area contributed by atoms with Gasteiger partial charge in [-0.05, 0) is 43.3 Å². The lowest BCUT2D eigenvalue weighted by Crippen LogP contribution is -2.56. The molecule has 0 radical (unpaired) electrons. The molecule has 10 nitrogen and oxygen atoms in total. The summed E-state index contributed by atoms with van der Waals surface area (Å²) in [5.41, 5.74) is 0.788. The van der Waals surface area contributed by atoms with E-state index < -0.39 is 76.8 Å². The average molecular weight is 694 g/mol. The first-order chi connectivity index (χ1) is 22.2. The number of hydrogen-bond donors (Lipinski definition) is 1. The molecular weight excluding hydrogens is 663 g/mol. The summed E-state index contributed by atoms with van der Waals surface area (Å²) < 4.78 is 78.5. The predicted molar refractivity (Wildman–Crippen MR) is 165 cm³/mol. The maximum atomic E-state index is 14.6. The molecule has 15 heteroatoms. The first kappa shape index (κ1) is 34.2. The largest absolute Gasteiger partial charge is 0.453 e. The summed E-state index contributed by atoms with van der Waals surface area (Å²) in [4.78, 5) is 43.2. The molecule has 0 spiro atoms. The van der Waals surface area contributed by atoms with Gasteiger partial charge < -0.3 is 10.1 Å². The molecule has 0 bridgehead atoms. The quantitative estimate of drug-likeness (QED) is 0.298. The number of nitrogens with one attached hydrogen (secondary N) is 1. The summed E-state index contributed by atoms with van der Waals surface area (Å²) in [5.74, 6) is -5.54. The summed E-state index contributed by atoms with van der Waals surface area (Å²) in [7, 11) is -3.27. The van der Waals surface area contributed by atoms with Gasteiger partial charge in [-0.1, -0.05) is 53.6 Å². The van der Waals surface area contributed by atoms with E-state index >= 15 is 0 Å². The van der Waals surface area contributed by atoms with Crippen molar-refractivity contribution in [1.29, 1.82) is 0 Å². The molecule has 0 unspecified atom stereocenters. The van der Waals surface area contributed by atoms with Crippen molar-refractivity contribution in [3.63, 3.8) is 0 Å². The molecule has 3 amide bonds. The number of halogens is 4. The topological polar surface area (TPSA) is 122 Å². The number of nitrogens with zero attached hydrogens (tertiary/aromatic N) is 2. The van der Waals surface area contributed by atoms with Crippen molar-refractivity contribution < 1.29 is 44.9 Å². The number of methoxy groups -OCH3 is 1. The molecule has 1 aliphatic heterocycles. The molecule has 1 saturated heterocycles. The molecule has 2 aliphatic rings. The maximum Gasteiger partial charge on any atom is 0.410 e. The normalized spacial score (nSPS) is 19.8. The fourth-order valence-electron chi connectivity index (χ4n) is 5.69. The van der Waals surface area contributed by atoms with Crippen LogP contribution in [0.2, 0.25) is 5.02 Å². The van der Waals surface area contributed by atoms with Crippen LogP contribution in [0, 0.1) is 12.7 Å². The summed E-state index contributed by atoms with van der Waals surface area (Å²) in [6.07, 6.45) is -3.79. The highest BCUT2D eigenvalue weighted by Gasteiger charge is 2.49. The molecule has 1 saturated carbocycles. The predicted octanol–water partition coefficient (Wildman–Crippen LogP) is 5.39. The maximum absolute atomic E-state index is 14.6. The van der Waals surface area contributed by atoms with Crippen molar-refractivity contribution in [3.05, 3.63) is 94.8 Å². The Labute approximate surface area is 274 Å². The van der Waals surface area contributed by atoms with Crippen LogP contribution in [0.15, 0.2) is 77.7 Å². The zero-order valence-electron chi connectivity index (χ0n) is 25.2. The molecule has 47 heavy (non-hydrogen) atoms. The van der Waals surface area contributed by atoms with Crippen molar-refractivity contribution in [3.8, 4) is 0 Å². The fourth-order valence-corrected chi connectivity index (χ4v) is 7.01. The second-order valence-electron chi connectivity index (χ2n) is 11.4. The minimum Gasteiger partial charge on any atom is -0.453 e. The summed E-state index contributed by atoms with van der Waals surface area (Å²) in [6.45, 7) is 1.39. The molecule has 3 atom stereocenters. The van der Waals surface area contributed by atoms with Crippen molar-refractivity contribution in [2.75, 3.05) is 18.6 Å².